The highest BCUT2D eigenvalue weighted by Gasteiger charge is 2.47. The van der Waals surface area contributed by atoms with E-state index in [1.54, 1.807) is 0 Å². The van der Waals surface area contributed by atoms with Gasteiger partial charge in [-0.2, -0.15) is 0 Å². The highest BCUT2D eigenvalue weighted by atomic mass is 19.4. The Kier molecular flexibility index (Phi) is 3.64. The average Bonchev–Trinajstić information content (AvgIpc) is 2.78. The zero-order valence-electron chi connectivity index (χ0n) is 12.3. The van der Waals surface area contributed by atoms with Crippen molar-refractivity contribution >= 4 is 11.6 Å². The molecule has 2 N–H and O–H groups in total. The Balaban J connectivity index is 2.07. The van der Waals surface area contributed by atoms with Crippen LogP contribution in [0.3, 0.4) is 0 Å². The molecule has 0 spiro atoms. The molecule has 126 valence electrons. The number of alkyl halides is 3. The lowest BCUT2D eigenvalue weighted by Crippen LogP contribution is -2.35. The van der Waals surface area contributed by atoms with Crippen molar-refractivity contribution in [1.82, 2.24) is 0 Å². The first-order chi connectivity index (χ1) is 11.2. The predicted molar refractivity (Wildman–Crippen MR) is 77.7 cm³/mol. The lowest BCUT2D eigenvalue weighted by atomic mass is 9.87. The number of hydrogen-bond acceptors (Lipinski definition) is 4. The van der Waals surface area contributed by atoms with Gasteiger partial charge in [0.05, 0.1) is 7.11 Å². The molecule has 0 fully saturated rings. The van der Waals surface area contributed by atoms with E-state index in [0.717, 1.165) is 12.1 Å². The third kappa shape index (κ3) is 2.65. The van der Waals surface area contributed by atoms with Gasteiger partial charge in [0.25, 0.3) is 5.91 Å². The minimum absolute atomic E-state index is 0.0144. The van der Waals surface area contributed by atoms with E-state index >= 15 is 0 Å². The summed E-state index contributed by atoms with van der Waals surface area (Å²) in [7, 11) is 1.46. The van der Waals surface area contributed by atoms with Crippen LogP contribution in [-0.2, 0) is 10.4 Å². The van der Waals surface area contributed by atoms with Crippen molar-refractivity contribution in [3.05, 3.63) is 53.6 Å². The summed E-state index contributed by atoms with van der Waals surface area (Å²) in [4.78, 5) is 12.2. The first kappa shape index (κ1) is 16.1. The van der Waals surface area contributed by atoms with Gasteiger partial charge in [0.1, 0.15) is 11.5 Å². The summed E-state index contributed by atoms with van der Waals surface area (Å²) >= 11 is 0. The molecular weight excluding hydrogens is 327 g/mol. The molecule has 5 nitrogen and oxygen atoms in total. The molecule has 0 radical (unpaired) electrons. The number of benzene rings is 2. The molecule has 1 atom stereocenters. The summed E-state index contributed by atoms with van der Waals surface area (Å²) in [5.41, 5.74) is -1.72. The second-order valence-corrected chi connectivity index (χ2v) is 5.15. The van der Waals surface area contributed by atoms with Gasteiger partial charge in [0, 0.05) is 11.3 Å². The van der Waals surface area contributed by atoms with Crippen LogP contribution in [0.25, 0.3) is 0 Å². The maximum Gasteiger partial charge on any atom is 0.573 e. The van der Waals surface area contributed by atoms with Gasteiger partial charge in [-0.05, 0) is 35.9 Å². The quantitative estimate of drug-likeness (QED) is 0.902. The van der Waals surface area contributed by atoms with Crippen molar-refractivity contribution in [2.45, 2.75) is 12.0 Å². The van der Waals surface area contributed by atoms with Crippen molar-refractivity contribution in [3.8, 4) is 11.5 Å². The highest BCUT2D eigenvalue weighted by molar-refractivity contribution is 6.07. The van der Waals surface area contributed by atoms with Crippen LogP contribution in [0.5, 0.6) is 11.5 Å². The fraction of sp³-hybridized carbons (Fsp3) is 0.188. The molecular formula is C16H12F3NO4. The van der Waals surface area contributed by atoms with Crippen LogP contribution < -0.4 is 14.8 Å². The number of hydrogen-bond donors (Lipinski definition) is 2. The summed E-state index contributed by atoms with van der Waals surface area (Å²) in [5, 5.41) is 13.3. The summed E-state index contributed by atoms with van der Waals surface area (Å²) in [6.07, 6.45) is -4.87. The van der Waals surface area contributed by atoms with Gasteiger partial charge < -0.3 is 19.9 Å². The lowest BCUT2D eigenvalue weighted by molar-refractivity contribution is -0.274. The smallest absolute Gasteiger partial charge is 0.497 e. The molecule has 1 aliphatic rings. The summed E-state index contributed by atoms with van der Waals surface area (Å²) in [6.45, 7) is 0. The maximum absolute atomic E-state index is 12.4. The fourth-order valence-corrected chi connectivity index (χ4v) is 2.58. The van der Waals surface area contributed by atoms with Crippen LogP contribution in [0.1, 0.15) is 11.1 Å². The van der Waals surface area contributed by atoms with Gasteiger partial charge in [0.2, 0.25) is 0 Å². The first-order valence-corrected chi connectivity index (χ1v) is 6.82. The van der Waals surface area contributed by atoms with Crippen LogP contribution in [0.15, 0.2) is 42.5 Å². The predicted octanol–water partition coefficient (Wildman–Crippen LogP) is 2.78. The Hall–Kier alpha value is -2.74. The Labute approximate surface area is 134 Å². The minimum Gasteiger partial charge on any atom is -0.497 e. The van der Waals surface area contributed by atoms with E-state index in [-0.39, 0.29) is 16.8 Å². The molecule has 1 amide bonds. The number of anilines is 1. The van der Waals surface area contributed by atoms with Gasteiger partial charge in [-0.1, -0.05) is 12.1 Å². The van der Waals surface area contributed by atoms with Crippen LogP contribution in [0, 0.1) is 0 Å². The van der Waals surface area contributed by atoms with Gasteiger partial charge in [-0.3, -0.25) is 4.79 Å². The molecule has 0 saturated carbocycles. The number of ether oxygens (including phenoxy) is 2. The van der Waals surface area contributed by atoms with Gasteiger partial charge in [-0.15, -0.1) is 13.2 Å². The number of aliphatic hydroxyl groups is 1. The molecule has 1 aliphatic heterocycles. The third-order valence-corrected chi connectivity index (χ3v) is 3.70. The van der Waals surface area contributed by atoms with Gasteiger partial charge in [0.15, 0.2) is 5.60 Å². The van der Waals surface area contributed by atoms with Crippen molar-refractivity contribution in [2.75, 3.05) is 12.4 Å². The van der Waals surface area contributed by atoms with E-state index in [1.807, 2.05) is 0 Å². The number of rotatable bonds is 3. The Morgan fingerprint density at radius 2 is 1.71 bits per heavy atom. The molecule has 2 aromatic carbocycles. The SMILES string of the molecule is COc1ccc([C@@]2(O)C(=O)Nc3ccc(OC(F)(F)F)cc32)cc1. The fourth-order valence-electron chi connectivity index (χ4n) is 2.58. The van der Waals surface area contributed by atoms with E-state index < -0.39 is 23.6 Å². The molecule has 0 saturated heterocycles. The molecule has 0 unspecified atom stereocenters. The van der Waals surface area contributed by atoms with Crippen LogP contribution >= 0.6 is 0 Å². The Morgan fingerprint density at radius 3 is 2.29 bits per heavy atom. The lowest BCUT2D eigenvalue weighted by Gasteiger charge is -2.22. The standard InChI is InChI=1S/C16H12F3NO4/c1-23-10-4-2-9(3-5-10)15(22)12-8-11(24-16(17,18)19)6-7-13(12)20-14(15)21/h2-8,22H,1H3,(H,20,21)/t15-/m0/s1. The number of carbonyl (C=O) groups excluding carboxylic acids is 1. The van der Waals surface area contributed by atoms with Crippen LogP contribution in [0.2, 0.25) is 0 Å². The van der Waals surface area contributed by atoms with E-state index in [4.69, 9.17) is 4.74 Å². The zero-order valence-corrected chi connectivity index (χ0v) is 12.3. The van der Waals surface area contributed by atoms with E-state index in [1.165, 1.54) is 37.4 Å². The molecule has 3 rings (SSSR count). The number of fused-ring (bicyclic) bond motifs is 1. The average molecular weight is 339 g/mol. The molecule has 24 heavy (non-hydrogen) atoms. The second-order valence-electron chi connectivity index (χ2n) is 5.15. The van der Waals surface area contributed by atoms with Crippen molar-refractivity contribution in [3.63, 3.8) is 0 Å². The van der Waals surface area contributed by atoms with E-state index in [9.17, 15) is 23.1 Å². The molecule has 0 aliphatic carbocycles. The first-order valence-electron chi connectivity index (χ1n) is 6.82. The summed E-state index contributed by atoms with van der Waals surface area (Å²) < 4.78 is 46.0. The van der Waals surface area contributed by atoms with Crippen LogP contribution in [-0.4, -0.2) is 24.5 Å². The summed E-state index contributed by atoms with van der Waals surface area (Å²) in [6, 6.07) is 9.30. The number of halogens is 3. The number of carbonyl (C=O) groups is 1. The normalized spacial score (nSPS) is 19.6. The molecule has 1 heterocycles. The third-order valence-electron chi connectivity index (χ3n) is 3.70. The monoisotopic (exact) mass is 339 g/mol. The molecule has 0 bridgehead atoms. The van der Waals surface area contributed by atoms with Gasteiger partial charge in [-0.25, -0.2) is 0 Å². The van der Waals surface area contributed by atoms with Crippen molar-refractivity contribution in [2.24, 2.45) is 0 Å². The van der Waals surface area contributed by atoms with Crippen molar-refractivity contribution < 1.29 is 32.5 Å². The second kappa shape index (κ2) is 5.41. The Morgan fingerprint density at radius 1 is 1.08 bits per heavy atom. The highest BCUT2D eigenvalue weighted by Crippen LogP contribution is 2.43. The minimum atomic E-state index is -4.87. The largest absolute Gasteiger partial charge is 0.573 e. The van der Waals surface area contributed by atoms with E-state index in [2.05, 4.69) is 10.1 Å². The number of methoxy groups -OCH3 is 1. The van der Waals surface area contributed by atoms with E-state index in [0.29, 0.717) is 5.75 Å². The van der Waals surface area contributed by atoms with Gasteiger partial charge >= 0.3 is 6.36 Å². The number of amides is 1. The number of nitrogens with one attached hydrogen (secondary N) is 1. The topological polar surface area (TPSA) is 67.8 Å². The van der Waals surface area contributed by atoms with Crippen molar-refractivity contribution in [1.29, 1.82) is 0 Å². The zero-order chi connectivity index (χ0) is 17.5. The molecule has 0 aromatic heterocycles. The molecule has 8 heteroatoms. The summed E-state index contributed by atoms with van der Waals surface area (Å²) in [5.74, 6) is -0.772. The maximum atomic E-state index is 12.4. The molecule has 2 aromatic rings. The Bertz CT molecular complexity index is 789. The van der Waals surface area contributed by atoms with Crippen LogP contribution in [0.4, 0.5) is 18.9 Å².